The Morgan fingerprint density at radius 1 is 1.00 bits per heavy atom. The number of ether oxygens (including phenoxy) is 2. The summed E-state index contributed by atoms with van der Waals surface area (Å²) in [5, 5.41) is 51.0. The molecule has 1 amide bonds. The number of aliphatic hydroxyl groups is 5. The molecule has 0 bridgehead atoms. The largest absolute Gasteiger partial charge is 0.490 e. The minimum atomic E-state index is -1.73. The molecule has 0 saturated heterocycles. The van der Waals surface area contributed by atoms with Crippen LogP contribution in [0.25, 0.3) is 11.1 Å². The molecule has 2 saturated carbocycles. The second-order valence-electron chi connectivity index (χ2n) is 12.3. The molecule has 0 radical (unpaired) electrons. The number of pyridine rings is 1. The van der Waals surface area contributed by atoms with Crippen LogP contribution in [-0.4, -0.2) is 80.1 Å². The van der Waals surface area contributed by atoms with Crippen LogP contribution < -0.4 is 10.1 Å². The average Bonchev–Trinajstić information content (AvgIpc) is 4.02. The first-order valence-corrected chi connectivity index (χ1v) is 16.3. The van der Waals surface area contributed by atoms with Gasteiger partial charge in [0, 0.05) is 41.5 Å². The van der Waals surface area contributed by atoms with Crippen molar-refractivity contribution in [3.05, 3.63) is 82.6 Å². The predicted octanol–water partition coefficient (Wildman–Crippen LogP) is 3.41. The van der Waals surface area contributed by atoms with Crippen molar-refractivity contribution in [3.8, 4) is 16.9 Å². The Bertz CT molecular complexity index is 1460. The summed E-state index contributed by atoms with van der Waals surface area (Å²) in [6, 6.07) is 16.0. The summed E-state index contributed by atoms with van der Waals surface area (Å²) in [4.78, 5) is 16.7. The first-order chi connectivity index (χ1) is 22.2. The van der Waals surface area contributed by atoms with Crippen LogP contribution >= 0.6 is 11.6 Å². The molecule has 6 N–H and O–H groups in total. The van der Waals surface area contributed by atoms with Crippen molar-refractivity contribution in [2.75, 3.05) is 13.2 Å². The standard InChI is InChI=1S/C35H43ClN2O8/c36-28-12-9-22(5-1-4-8-32(42)38-19-29(40)33(43)34(44)30(41)20-39)17-23(28)21-45-35(14-15-35)27-18-37-16-13-25(27)26-6-2-3-7-31(26)46-24-10-11-24/h2-3,6-7,9,12-13,16-18,24,29-30,33-34,39-41,43-44H,1,4-5,8,10-11,14-15,19-21H2,(H,38,42)/t29-,30+,33+,34+/m0/s1. The van der Waals surface area contributed by atoms with Crippen molar-refractivity contribution in [2.24, 2.45) is 0 Å². The number of halogens is 1. The van der Waals surface area contributed by atoms with E-state index in [1.807, 2.05) is 48.7 Å². The maximum Gasteiger partial charge on any atom is 0.220 e. The fraction of sp³-hybridized carbons (Fsp3) is 0.486. The van der Waals surface area contributed by atoms with Crippen LogP contribution in [0.4, 0.5) is 0 Å². The average molecular weight is 655 g/mol. The fourth-order valence-electron chi connectivity index (χ4n) is 5.47. The Kier molecular flexibility index (Phi) is 11.7. The molecule has 2 aliphatic rings. The number of rotatable bonds is 18. The lowest BCUT2D eigenvalue weighted by atomic mass is 9.96. The van der Waals surface area contributed by atoms with E-state index < -0.39 is 36.6 Å². The number of aryl methyl sites for hydroxylation is 1. The number of hydrogen-bond acceptors (Lipinski definition) is 9. The summed E-state index contributed by atoms with van der Waals surface area (Å²) in [5.74, 6) is 0.576. The van der Waals surface area contributed by atoms with Crippen LogP contribution in [0, 0.1) is 0 Å². The smallest absolute Gasteiger partial charge is 0.220 e. The Morgan fingerprint density at radius 3 is 2.50 bits per heavy atom. The number of hydrogen-bond donors (Lipinski definition) is 6. The number of nitrogens with zero attached hydrogens (tertiary/aromatic N) is 1. The van der Waals surface area contributed by atoms with E-state index in [1.165, 1.54) is 0 Å². The van der Waals surface area contributed by atoms with Crippen LogP contribution in [0.15, 0.2) is 60.9 Å². The monoisotopic (exact) mass is 654 g/mol. The topological polar surface area (TPSA) is 162 Å². The number of carbonyl (C=O) groups excluding carboxylic acids is 1. The highest BCUT2D eigenvalue weighted by Gasteiger charge is 2.48. The van der Waals surface area contributed by atoms with Crippen molar-refractivity contribution in [1.29, 1.82) is 0 Å². The molecule has 0 spiro atoms. The van der Waals surface area contributed by atoms with Gasteiger partial charge in [-0.05, 0) is 79.8 Å². The van der Waals surface area contributed by atoms with E-state index in [1.54, 1.807) is 6.20 Å². The molecule has 1 aromatic heterocycles. The molecule has 11 heteroatoms. The lowest BCUT2D eigenvalue weighted by molar-refractivity contribution is -0.126. The molecule has 0 aliphatic heterocycles. The van der Waals surface area contributed by atoms with Gasteiger partial charge in [-0.2, -0.15) is 0 Å². The SMILES string of the molecule is O=C(CCCCc1ccc(Cl)c(COC2(c3cnccc3-c3ccccc3OC3CC3)CC2)c1)NC[C@H](O)[C@@H](O)[C@H](O)[C@H](O)CO. The van der Waals surface area contributed by atoms with Gasteiger partial charge in [-0.1, -0.05) is 41.9 Å². The van der Waals surface area contributed by atoms with Crippen LogP contribution in [0.3, 0.4) is 0 Å². The minimum absolute atomic E-state index is 0.221. The second-order valence-corrected chi connectivity index (χ2v) is 12.7. The molecule has 2 aliphatic carbocycles. The van der Waals surface area contributed by atoms with Crippen molar-refractivity contribution < 1.29 is 39.8 Å². The molecule has 1 heterocycles. The second kappa shape index (κ2) is 15.7. The van der Waals surface area contributed by atoms with Crippen LogP contribution in [0.2, 0.25) is 5.02 Å². The summed E-state index contributed by atoms with van der Waals surface area (Å²) in [7, 11) is 0. The van der Waals surface area contributed by atoms with Crippen molar-refractivity contribution in [1.82, 2.24) is 10.3 Å². The zero-order valence-electron chi connectivity index (χ0n) is 25.7. The maximum atomic E-state index is 12.2. The molecule has 0 unspecified atom stereocenters. The van der Waals surface area contributed by atoms with Crippen LogP contribution in [-0.2, 0) is 28.2 Å². The minimum Gasteiger partial charge on any atom is -0.490 e. The molecule has 3 aromatic rings. The van der Waals surface area contributed by atoms with Crippen molar-refractivity contribution >= 4 is 17.5 Å². The van der Waals surface area contributed by atoms with Gasteiger partial charge < -0.3 is 40.3 Å². The Hall–Kier alpha value is -3.09. The van der Waals surface area contributed by atoms with Gasteiger partial charge in [-0.3, -0.25) is 9.78 Å². The van der Waals surface area contributed by atoms with Crippen LogP contribution in [0.1, 0.15) is 61.6 Å². The van der Waals surface area contributed by atoms with E-state index in [-0.39, 0.29) is 18.9 Å². The third-order valence-electron chi connectivity index (χ3n) is 8.58. The normalized spacial score (nSPS) is 18.0. The van der Waals surface area contributed by atoms with Gasteiger partial charge in [0.05, 0.1) is 31.0 Å². The number of aromatic nitrogens is 1. The summed E-state index contributed by atoms with van der Waals surface area (Å²) in [6.45, 7) is -0.710. The molecule has 248 valence electrons. The van der Waals surface area contributed by atoms with Crippen LogP contribution in [0.5, 0.6) is 5.75 Å². The summed E-state index contributed by atoms with van der Waals surface area (Å²) in [6.07, 6.45) is 3.71. The van der Waals surface area contributed by atoms with E-state index >= 15 is 0 Å². The zero-order valence-corrected chi connectivity index (χ0v) is 26.5. The summed E-state index contributed by atoms with van der Waals surface area (Å²) >= 11 is 6.58. The Balaban J connectivity index is 1.12. The van der Waals surface area contributed by atoms with Gasteiger partial charge in [0.25, 0.3) is 0 Å². The zero-order chi connectivity index (χ0) is 32.7. The molecule has 5 rings (SSSR count). The Morgan fingerprint density at radius 2 is 1.76 bits per heavy atom. The lowest BCUT2D eigenvalue weighted by Crippen LogP contribution is -2.49. The molecule has 10 nitrogen and oxygen atoms in total. The van der Waals surface area contributed by atoms with Gasteiger partial charge in [0.15, 0.2) is 0 Å². The van der Waals surface area contributed by atoms with Crippen molar-refractivity contribution in [2.45, 2.75) is 94.1 Å². The van der Waals surface area contributed by atoms with E-state index in [0.717, 1.165) is 72.1 Å². The van der Waals surface area contributed by atoms with Gasteiger partial charge in [0.2, 0.25) is 5.91 Å². The number of amides is 1. The number of nitrogens with one attached hydrogen (secondary N) is 1. The van der Waals surface area contributed by atoms with E-state index in [0.29, 0.717) is 24.2 Å². The summed E-state index contributed by atoms with van der Waals surface area (Å²) in [5.41, 5.74) is 4.69. The van der Waals surface area contributed by atoms with Crippen molar-refractivity contribution in [3.63, 3.8) is 0 Å². The molecular weight excluding hydrogens is 612 g/mol. The number of aliphatic hydroxyl groups excluding tert-OH is 5. The van der Waals surface area contributed by atoms with E-state index in [4.69, 9.17) is 26.2 Å². The molecular formula is C35H43ClN2O8. The molecule has 2 aromatic carbocycles. The fourth-order valence-corrected chi connectivity index (χ4v) is 5.64. The highest BCUT2D eigenvalue weighted by molar-refractivity contribution is 6.31. The van der Waals surface area contributed by atoms with Gasteiger partial charge in [0.1, 0.15) is 24.1 Å². The van der Waals surface area contributed by atoms with Gasteiger partial charge in [-0.15, -0.1) is 0 Å². The first-order valence-electron chi connectivity index (χ1n) is 15.9. The number of benzene rings is 2. The maximum absolute atomic E-state index is 12.2. The third kappa shape index (κ3) is 8.83. The Labute approximate surface area is 274 Å². The van der Waals surface area contributed by atoms with Gasteiger partial charge >= 0.3 is 0 Å². The quantitative estimate of drug-likeness (QED) is 0.113. The molecule has 4 atom stereocenters. The van der Waals surface area contributed by atoms with Gasteiger partial charge in [-0.25, -0.2) is 0 Å². The number of para-hydroxylation sites is 1. The molecule has 46 heavy (non-hydrogen) atoms. The number of unbranched alkanes of at least 4 members (excludes halogenated alkanes) is 1. The van der Waals surface area contributed by atoms with E-state index in [2.05, 4.69) is 16.4 Å². The first kappa shape index (κ1) is 34.3. The predicted molar refractivity (Wildman–Crippen MR) is 172 cm³/mol. The third-order valence-corrected chi connectivity index (χ3v) is 8.95. The highest BCUT2D eigenvalue weighted by atomic mass is 35.5. The highest BCUT2D eigenvalue weighted by Crippen LogP contribution is 2.53. The van der Waals surface area contributed by atoms with E-state index in [9.17, 15) is 25.2 Å². The lowest BCUT2D eigenvalue weighted by Gasteiger charge is -2.25. The number of carbonyl (C=O) groups is 1. The summed E-state index contributed by atoms with van der Waals surface area (Å²) < 4.78 is 12.8. The molecule has 2 fully saturated rings.